The minimum Gasteiger partial charge on any atom is -0.409 e. The lowest BCUT2D eigenvalue weighted by atomic mass is 10.3. The van der Waals surface area contributed by atoms with Crippen molar-refractivity contribution in [3.8, 4) is 5.75 Å². The zero-order chi connectivity index (χ0) is 8.81. The Hall–Kier alpha value is -0.440. The van der Waals surface area contributed by atoms with Crippen molar-refractivity contribution in [2.24, 2.45) is 0 Å². The Bertz CT molecular complexity index is 216. The number of halogens is 2. The Kier molecular flexibility index (Phi) is 4.22. The lowest BCUT2D eigenvalue weighted by molar-refractivity contribution is 0.201. The first-order valence-corrected chi connectivity index (χ1v) is 4.39. The average molecular weight is 206 g/mol. The molecule has 0 heterocycles. The summed E-state index contributed by atoms with van der Waals surface area (Å²) in [5, 5.41) is 0. The van der Waals surface area contributed by atoms with Gasteiger partial charge in [0.2, 0.25) is 0 Å². The van der Waals surface area contributed by atoms with Gasteiger partial charge >= 0.3 is 0 Å². The van der Waals surface area contributed by atoms with E-state index in [9.17, 15) is 0 Å². The molecule has 0 aliphatic rings. The van der Waals surface area contributed by atoms with Crippen LogP contribution in [0.1, 0.15) is 0 Å². The summed E-state index contributed by atoms with van der Waals surface area (Å²) in [7, 11) is 0. The second-order valence-electron chi connectivity index (χ2n) is 2.15. The van der Waals surface area contributed by atoms with Crippen LogP contribution in [0.2, 0.25) is 0 Å². The SMILES string of the molecule is ClC(Cl)CNOc1ccccc1. The predicted octanol–water partition coefficient (Wildman–Crippen LogP) is 2.37. The van der Waals surface area contributed by atoms with Crippen molar-refractivity contribution in [3.63, 3.8) is 0 Å². The molecular weight excluding hydrogens is 197 g/mol. The van der Waals surface area contributed by atoms with E-state index in [2.05, 4.69) is 5.48 Å². The smallest absolute Gasteiger partial charge is 0.147 e. The van der Waals surface area contributed by atoms with Gasteiger partial charge in [-0.1, -0.05) is 18.2 Å². The van der Waals surface area contributed by atoms with Crippen LogP contribution in [0.4, 0.5) is 0 Å². The molecule has 0 spiro atoms. The zero-order valence-electron chi connectivity index (χ0n) is 6.34. The van der Waals surface area contributed by atoms with Gasteiger partial charge in [-0.2, -0.15) is 5.48 Å². The summed E-state index contributed by atoms with van der Waals surface area (Å²) < 4.78 is 0. The van der Waals surface area contributed by atoms with Gasteiger partial charge in [-0.25, -0.2) is 0 Å². The Labute approximate surface area is 81.4 Å². The number of hydroxylamine groups is 1. The third-order valence-corrected chi connectivity index (χ3v) is 1.48. The van der Waals surface area contributed by atoms with E-state index in [0.29, 0.717) is 6.54 Å². The van der Waals surface area contributed by atoms with Crippen molar-refractivity contribution in [2.45, 2.75) is 4.84 Å². The van der Waals surface area contributed by atoms with Crippen molar-refractivity contribution in [3.05, 3.63) is 30.3 Å². The monoisotopic (exact) mass is 205 g/mol. The van der Waals surface area contributed by atoms with E-state index in [-0.39, 0.29) is 0 Å². The molecule has 0 amide bonds. The average Bonchev–Trinajstić information content (AvgIpc) is 2.05. The van der Waals surface area contributed by atoms with Gasteiger partial charge in [-0.15, -0.1) is 23.2 Å². The van der Waals surface area contributed by atoms with Crippen LogP contribution in [0.15, 0.2) is 30.3 Å². The standard InChI is InChI=1S/C8H9Cl2NO/c9-8(10)6-11-12-7-4-2-1-3-5-7/h1-5,8,11H,6H2. The van der Waals surface area contributed by atoms with Gasteiger partial charge in [0, 0.05) is 0 Å². The van der Waals surface area contributed by atoms with Gasteiger partial charge in [-0.05, 0) is 12.1 Å². The van der Waals surface area contributed by atoms with Crippen molar-refractivity contribution in [1.82, 2.24) is 5.48 Å². The number of nitrogens with one attached hydrogen (secondary N) is 1. The molecule has 0 atom stereocenters. The van der Waals surface area contributed by atoms with Gasteiger partial charge in [0.15, 0.2) is 0 Å². The van der Waals surface area contributed by atoms with Crippen molar-refractivity contribution in [2.75, 3.05) is 6.54 Å². The van der Waals surface area contributed by atoms with Crippen LogP contribution in [0.3, 0.4) is 0 Å². The predicted molar refractivity (Wildman–Crippen MR) is 50.6 cm³/mol. The first-order chi connectivity index (χ1) is 5.79. The summed E-state index contributed by atoms with van der Waals surface area (Å²) in [4.78, 5) is 4.65. The molecule has 0 aliphatic heterocycles. The summed E-state index contributed by atoms with van der Waals surface area (Å²) in [6, 6.07) is 9.36. The van der Waals surface area contributed by atoms with Crippen molar-refractivity contribution < 1.29 is 4.84 Å². The van der Waals surface area contributed by atoms with Crippen molar-refractivity contribution in [1.29, 1.82) is 0 Å². The van der Waals surface area contributed by atoms with E-state index in [1.807, 2.05) is 30.3 Å². The number of alkyl halides is 2. The van der Waals surface area contributed by atoms with Crippen LogP contribution in [-0.4, -0.2) is 11.4 Å². The quantitative estimate of drug-likeness (QED) is 0.603. The highest BCUT2D eigenvalue weighted by molar-refractivity contribution is 6.44. The third-order valence-electron chi connectivity index (χ3n) is 1.17. The van der Waals surface area contributed by atoms with E-state index >= 15 is 0 Å². The Balaban J connectivity index is 2.25. The van der Waals surface area contributed by atoms with Crippen LogP contribution in [0.25, 0.3) is 0 Å². The molecule has 4 heteroatoms. The molecule has 0 bridgehead atoms. The molecule has 2 nitrogen and oxygen atoms in total. The van der Waals surface area contributed by atoms with E-state index in [1.165, 1.54) is 0 Å². The van der Waals surface area contributed by atoms with E-state index in [1.54, 1.807) is 0 Å². The van der Waals surface area contributed by atoms with Gasteiger partial charge in [-0.3, -0.25) is 0 Å². The molecule has 66 valence electrons. The number of hydrogen-bond donors (Lipinski definition) is 1. The molecule has 1 aromatic carbocycles. The fourth-order valence-corrected chi connectivity index (χ4v) is 0.803. The first kappa shape index (κ1) is 9.65. The van der Waals surface area contributed by atoms with Crippen molar-refractivity contribution >= 4 is 23.2 Å². The largest absolute Gasteiger partial charge is 0.409 e. The summed E-state index contributed by atoms with van der Waals surface area (Å²) in [5.74, 6) is 0.742. The number of benzene rings is 1. The molecule has 1 rings (SSSR count). The van der Waals surface area contributed by atoms with Gasteiger partial charge in [0.05, 0.1) is 6.54 Å². The van der Waals surface area contributed by atoms with Gasteiger partial charge in [0.25, 0.3) is 0 Å². The number of para-hydroxylation sites is 1. The molecule has 0 fully saturated rings. The minimum atomic E-state index is -0.450. The zero-order valence-corrected chi connectivity index (χ0v) is 7.85. The van der Waals surface area contributed by atoms with Gasteiger partial charge in [0.1, 0.15) is 10.6 Å². The Morgan fingerprint density at radius 2 is 1.92 bits per heavy atom. The third kappa shape index (κ3) is 3.81. The summed E-state index contributed by atoms with van der Waals surface area (Å²) in [6.07, 6.45) is 0. The fourth-order valence-electron chi connectivity index (χ4n) is 0.677. The fraction of sp³-hybridized carbons (Fsp3) is 0.250. The topological polar surface area (TPSA) is 21.3 Å². The highest BCUT2D eigenvalue weighted by atomic mass is 35.5. The first-order valence-electron chi connectivity index (χ1n) is 3.52. The maximum Gasteiger partial charge on any atom is 0.147 e. The van der Waals surface area contributed by atoms with Gasteiger partial charge < -0.3 is 4.84 Å². The Morgan fingerprint density at radius 3 is 2.50 bits per heavy atom. The van der Waals surface area contributed by atoms with Crippen LogP contribution in [0.5, 0.6) is 5.75 Å². The number of rotatable bonds is 4. The Morgan fingerprint density at radius 1 is 1.25 bits per heavy atom. The summed E-state index contributed by atoms with van der Waals surface area (Å²) in [5.41, 5.74) is 2.64. The highest BCUT2D eigenvalue weighted by Gasteiger charge is 1.97. The molecule has 0 aliphatic carbocycles. The summed E-state index contributed by atoms with van der Waals surface area (Å²) in [6.45, 7) is 0.401. The molecule has 0 radical (unpaired) electrons. The second-order valence-corrected chi connectivity index (χ2v) is 3.43. The number of hydrogen-bond acceptors (Lipinski definition) is 2. The highest BCUT2D eigenvalue weighted by Crippen LogP contribution is 2.06. The molecule has 0 saturated heterocycles. The normalized spacial score (nSPS) is 10.2. The maximum absolute atomic E-state index is 5.47. The van der Waals surface area contributed by atoms with E-state index < -0.39 is 4.84 Å². The maximum atomic E-state index is 5.47. The molecule has 1 N–H and O–H groups in total. The van der Waals surface area contributed by atoms with E-state index in [4.69, 9.17) is 28.0 Å². The molecular formula is C8H9Cl2NO. The molecule has 0 unspecified atom stereocenters. The minimum absolute atomic E-state index is 0.401. The van der Waals surface area contributed by atoms with Crippen LogP contribution < -0.4 is 10.3 Å². The molecule has 1 aromatic rings. The van der Waals surface area contributed by atoms with Crippen LogP contribution in [0, 0.1) is 0 Å². The molecule has 12 heavy (non-hydrogen) atoms. The second kappa shape index (κ2) is 5.25. The van der Waals surface area contributed by atoms with Crippen LogP contribution in [-0.2, 0) is 0 Å². The van der Waals surface area contributed by atoms with Crippen LogP contribution >= 0.6 is 23.2 Å². The molecule has 0 saturated carbocycles. The molecule has 0 aromatic heterocycles. The lowest BCUT2D eigenvalue weighted by Gasteiger charge is -2.06. The lowest BCUT2D eigenvalue weighted by Crippen LogP contribution is -2.23. The summed E-state index contributed by atoms with van der Waals surface area (Å²) >= 11 is 10.9. The van der Waals surface area contributed by atoms with E-state index in [0.717, 1.165) is 5.75 Å².